The first-order valence-corrected chi connectivity index (χ1v) is 12.8. The van der Waals surface area contributed by atoms with Crippen LogP contribution in [-0.4, -0.2) is 38.7 Å². The standard InChI is InChI=1S/C30H28FN7O3.ClH/c1-30(2,3)26-17-27(38(37-26)19-7-9-23-18(14-19)6-5-12-33-23)36-29(40)35-24-10-8-20(15-22(24)31)41-21-11-13-34-25(16-21)28(39)32-4;/h5-17H,1-4H3,(H,32,39)(H2,35,36,40);1H. The number of benzene rings is 2. The van der Waals surface area contributed by atoms with Gasteiger partial charge in [-0.3, -0.25) is 20.1 Å². The van der Waals surface area contributed by atoms with Crippen molar-refractivity contribution in [1.82, 2.24) is 25.1 Å². The van der Waals surface area contributed by atoms with Crippen molar-refractivity contribution in [3.05, 3.63) is 96.3 Å². The van der Waals surface area contributed by atoms with E-state index < -0.39 is 11.8 Å². The van der Waals surface area contributed by atoms with Gasteiger partial charge in [-0.05, 0) is 42.5 Å². The number of carbonyl (C=O) groups is 2. The first-order chi connectivity index (χ1) is 19.6. The van der Waals surface area contributed by atoms with Crippen LogP contribution in [0.5, 0.6) is 11.5 Å². The van der Waals surface area contributed by atoms with Gasteiger partial charge in [-0.2, -0.15) is 5.10 Å². The Morgan fingerprint density at radius 3 is 2.43 bits per heavy atom. The van der Waals surface area contributed by atoms with E-state index in [4.69, 9.17) is 9.84 Å². The van der Waals surface area contributed by atoms with Crippen molar-refractivity contribution in [3.63, 3.8) is 0 Å². The SMILES string of the molecule is CNC(=O)c1cc(Oc2ccc(NC(=O)Nc3cc(C(C)(C)C)nn3-c3ccc4ncccc4c3)c(F)c2)ccn1.Cl. The fourth-order valence-corrected chi connectivity index (χ4v) is 4.02. The molecule has 0 saturated heterocycles. The summed E-state index contributed by atoms with van der Waals surface area (Å²) in [7, 11) is 1.49. The van der Waals surface area contributed by atoms with Crippen molar-refractivity contribution >= 4 is 46.8 Å². The van der Waals surface area contributed by atoms with Crippen LogP contribution in [0.25, 0.3) is 16.6 Å². The Balaban J connectivity index is 0.00000405. The van der Waals surface area contributed by atoms with Crippen LogP contribution in [0.2, 0.25) is 0 Å². The number of aromatic nitrogens is 4. The third kappa shape index (κ3) is 6.64. The summed E-state index contributed by atoms with van der Waals surface area (Å²) < 4.78 is 22.3. The molecule has 5 aromatic rings. The molecule has 0 saturated carbocycles. The number of halogens is 2. The Kier molecular flexibility index (Phi) is 8.72. The lowest BCUT2D eigenvalue weighted by atomic mass is 9.92. The van der Waals surface area contributed by atoms with Crippen LogP contribution < -0.4 is 20.7 Å². The number of fused-ring (bicyclic) bond motifs is 1. The number of carbonyl (C=O) groups excluding carboxylic acids is 2. The molecule has 0 unspecified atom stereocenters. The molecule has 3 heterocycles. The van der Waals surface area contributed by atoms with E-state index in [0.29, 0.717) is 11.6 Å². The van der Waals surface area contributed by atoms with Gasteiger partial charge in [-0.1, -0.05) is 26.8 Å². The lowest BCUT2D eigenvalue weighted by Crippen LogP contribution is -2.22. The Hall–Kier alpha value is -5.03. The average Bonchev–Trinajstić information content (AvgIpc) is 3.38. The number of anilines is 2. The molecule has 0 atom stereocenters. The zero-order valence-electron chi connectivity index (χ0n) is 23.3. The Bertz CT molecular complexity index is 1770. The zero-order valence-corrected chi connectivity index (χ0v) is 24.1. The second-order valence-corrected chi connectivity index (χ2v) is 10.2. The van der Waals surface area contributed by atoms with Crippen LogP contribution in [0.3, 0.4) is 0 Å². The monoisotopic (exact) mass is 589 g/mol. The number of hydrogen-bond acceptors (Lipinski definition) is 6. The van der Waals surface area contributed by atoms with Gasteiger partial charge in [0.1, 0.15) is 28.8 Å². The van der Waals surface area contributed by atoms with Gasteiger partial charge in [0.15, 0.2) is 0 Å². The van der Waals surface area contributed by atoms with Crippen LogP contribution in [-0.2, 0) is 5.41 Å². The highest BCUT2D eigenvalue weighted by Crippen LogP contribution is 2.29. The fourth-order valence-electron chi connectivity index (χ4n) is 4.02. The highest BCUT2D eigenvalue weighted by Gasteiger charge is 2.22. The van der Waals surface area contributed by atoms with E-state index in [1.807, 2.05) is 51.1 Å². The van der Waals surface area contributed by atoms with Crippen molar-refractivity contribution in [1.29, 1.82) is 0 Å². The van der Waals surface area contributed by atoms with Gasteiger partial charge in [0.05, 0.1) is 22.6 Å². The molecule has 0 aliphatic rings. The van der Waals surface area contributed by atoms with Crippen LogP contribution in [0, 0.1) is 5.82 Å². The normalized spacial score (nSPS) is 11.0. The van der Waals surface area contributed by atoms with Crippen LogP contribution in [0.1, 0.15) is 37.0 Å². The molecular weight excluding hydrogens is 561 g/mol. The number of rotatable bonds is 6. The molecule has 5 rings (SSSR count). The summed E-state index contributed by atoms with van der Waals surface area (Å²) in [4.78, 5) is 33.1. The minimum Gasteiger partial charge on any atom is -0.457 e. The Morgan fingerprint density at radius 2 is 1.69 bits per heavy atom. The number of nitrogens with zero attached hydrogens (tertiary/aromatic N) is 4. The molecule has 0 aliphatic carbocycles. The van der Waals surface area contributed by atoms with E-state index in [1.54, 1.807) is 23.0 Å². The smallest absolute Gasteiger partial charge is 0.324 e. The van der Waals surface area contributed by atoms with E-state index >= 15 is 0 Å². The van der Waals surface area contributed by atoms with Gasteiger partial charge < -0.3 is 15.4 Å². The minimum absolute atomic E-state index is 0. The quantitative estimate of drug-likeness (QED) is 0.209. The van der Waals surface area contributed by atoms with Gasteiger partial charge in [0, 0.05) is 48.4 Å². The summed E-state index contributed by atoms with van der Waals surface area (Å²) in [6, 6.07) is 17.7. The average molecular weight is 590 g/mol. The molecule has 0 aliphatic heterocycles. The van der Waals surface area contributed by atoms with Crippen LogP contribution >= 0.6 is 12.4 Å². The maximum Gasteiger partial charge on any atom is 0.324 e. The summed E-state index contributed by atoms with van der Waals surface area (Å²) in [6.07, 6.45) is 3.15. The first kappa shape index (κ1) is 29.9. The number of pyridine rings is 2. The van der Waals surface area contributed by atoms with Gasteiger partial charge in [0.2, 0.25) is 0 Å². The molecule has 0 bridgehead atoms. The first-order valence-electron chi connectivity index (χ1n) is 12.8. The lowest BCUT2D eigenvalue weighted by Gasteiger charge is -2.14. The van der Waals surface area contributed by atoms with E-state index in [9.17, 15) is 14.0 Å². The Morgan fingerprint density at radius 1 is 0.905 bits per heavy atom. The van der Waals surface area contributed by atoms with E-state index in [0.717, 1.165) is 28.4 Å². The lowest BCUT2D eigenvalue weighted by molar-refractivity contribution is 0.0957. The molecule has 2 aromatic carbocycles. The van der Waals surface area contributed by atoms with Crippen molar-refractivity contribution in [3.8, 4) is 17.2 Å². The van der Waals surface area contributed by atoms with Crippen molar-refractivity contribution in [2.45, 2.75) is 26.2 Å². The topological polar surface area (TPSA) is 123 Å². The Labute approximate surface area is 247 Å². The maximum absolute atomic E-state index is 14.9. The summed E-state index contributed by atoms with van der Waals surface area (Å²) >= 11 is 0. The minimum atomic E-state index is -0.704. The highest BCUT2D eigenvalue weighted by molar-refractivity contribution is 5.99. The summed E-state index contributed by atoms with van der Waals surface area (Å²) in [6.45, 7) is 6.08. The van der Waals surface area contributed by atoms with Gasteiger partial charge in [-0.15, -0.1) is 12.4 Å². The largest absolute Gasteiger partial charge is 0.457 e. The molecule has 0 spiro atoms. The molecule has 12 heteroatoms. The van der Waals surface area contributed by atoms with Crippen molar-refractivity contribution < 1.29 is 18.7 Å². The molecule has 216 valence electrons. The van der Waals surface area contributed by atoms with E-state index in [-0.39, 0.29) is 40.9 Å². The molecule has 3 aromatic heterocycles. The number of amides is 3. The summed E-state index contributed by atoms with van der Waals surface area (Å²) in [5, 5.41) is 13.5. The maximum atomic E-state index is 14.9. The van der Waals surface area contributed by atoms with Gasteiger partial charge in [0.25, 0.3) is 5.91 Å². The number of ether oxygens (including phenoxy) is 1. The van der Waals surface area contributed by atoms with Crippen molar-refractivity contribution in [2.24, 2.45) is 0 Å². The molecule has 0 fully saturated rings. The number of urea groups is 1. The second kappa shape index (κ2) is 12.2. The van der Waals surface area contributed by atoms with Gasteiger partial charge in [-0.25, -0.2) is 13.9 Å². The summed E-state index contributed by atoms with van der Waals surface area (Å²) in [5.41, 5.74) is 2.17. The third-order valence-corrected chi connectivity index (χ3v) is 6.17. The fraction of sp³-hybridized carbons (Fsp3) is 0.167. The third-order valence-electron chi connectivity index (χ3n) is 6.17. The van der Waals surface area contributed by atoms with E-state index in [2.05, 4.69) is 25.9 Å². The van der Waals surface area contributed by atoms with Crippen LogP contribution in [0.4, 0.5) is 20.7 Å². The molecule has 3 amide bonds. The zero-order chi connectivity index (χ0) is 29.1. The van der Waals surface area contributed by atoms with Gasteiger partial charge >= 0.3 is 6.03 Å². The number of hydrogen-bond donors (Lipinski definition) is 3. The van der Waals surface area contributed by atoms with Crippen LogP contribution in [0.15, 0.2) is 79.1 Å². The van der Waals surface area contributed by atoms with Crippen molar-refractivity contribution in [2.75, 3.05) is 17.7 Å². The second-order valence-electron chi connectivity index (χ2n) is 10.2. The highest BCUT2D eigenvalue weighted by atomic mass is 35.5. The predicted molar refractivity (Wildman–Crippen MR) is 162 cm³/mol. The van der Waals surface area contributed by atoms with E-state index in [1.165, 1.54) is 31.4 Å². The molecule has 0 radical (unpaired) electrons. The molecule has 42 heavy (non-hydrogen) atoms. The number of nitrogens with one attached hydrogen (secondary N) is 3. The molecule has 3 N–H and O–H groups in total. The predicted octanol–water partition coefficient (Wildman–Crippen LogP) is 6.47. The summed E-state index contributed by atoms with van der Waals surface area (Å²) in [5.74, 6) is -0.171. The molecular formula is C30H29ClFN7O3. The molecule has 10 nitrogen and oxygen atoms in total.